The summed E-state index contributed by atoms with van der Waals surface area (Å²) in [6, 6.07) is 19.5. The summed E-state index contributed by atoms with van der Waals surface area (Å²) in [7, 11) is 1.75. The zero-order valence-corrected chi connectivity index (χ0v) is 33.8. The van der Waals surface area contributed by atoms with Crippen LogP contribution in [0.3, 0.4) is 0 Å². The van der Waals surface area contributed by atoms with Gasteiger partial charge in [0, 0.05) is 50.3 Å². The minimum Gasteiger partial charge on any atom is -0.459 e. The number of amides is 2. The quantitative estimate of drug-likeness (QED) is 0.0686. The summed E-state index contributed by atoms with van der Waals surface area (Å²) < 4.78 is 31.2. The van der Waals surface area contributed by atoms with Gasteiger partial charge in [-0.1, -0.05) is 60.5 Å². The molecule has 6 atom stereocenters. The summed E-state index contributed by atoms with van der Waals surface area (Å²) in [6.07, 6.45) is 8.07. The number of aliphatic hydroxyl groups is 2. The normalized spacial score (nSPS) is 24.2. The van der Waals surface area contributed by atoms with Gasteiger partial charge < -0.3 is 49.0 Å². The lowest BCUT2D eigenvalue weighted by molar-refractivity contribution is -0.252. The molecule has 4 aliphatic rings. The van der Waals surface area contributed by atoms with Crippen molar-refractivity contribution in [1.82, 2.24) is 10.2 Å². The first-order chi connectivity index (χ1) is 28.8. The summed E-state index contributed by atoms with van der Waals surface area (Å²) in [5, 5.41) is 27.3. The van der Waals surface area contributed by atoms with E-state index in [4.69, 9.17) is 33.7 Å². The summed E-state index contributed by atoms with van der Waals surface area (Å²) in [5.41, 5.74) is 3.80. The van der Waals surface area contributed by atoms with E-state index in [1.54, 1.807) is 42.3 Å². The number of oxime groups is 1. The van der Waals surface area contributed by atoms with Crippen LogP contribution in [0.5, 0.6) is 23.0 Å². The van der Waals surface area contributed by atoms with Crippen LogP contribution in [-0.2, 0) is 16.1 Å². The molecule has 6 unspecified atom stereocenters. The van der Waals surface area contributed by atoms with E-state index in [-0.39, 0.29) is 56.7 Å². The molecule has 0 saturated heterocycles. The third-order valence-corrected chi connectivity index (χ3v) is 11.8. The molecule has 0 spiro atoms. The Kier molecular flexibility index (Phi) is 13.5. The molecule has 2 heterocycles. The zero-order valence-electron chi connectivity index (χ0n) is 33.8. The van der Waals surface area contributed by atoms with E-state index in [1.807, 2.05) is 49.4 Å². The standard InChI is InChI=1S/C46H55N3O10/c1-4-23-56-46-41(49(3)44(52)32-17-19-39-40(25-32)55-29-54-39)27-37(48-57-5-2)35-24-31(15-9-11-21-50)34(16-10-12-22-51)42(43(35)46)36-26-33(18-20-38(36)59-46)58-45(53)47-28-30-13-7-6-8-14-30/h4,6-8,13-14,17-20,24-26,31,34,41-43,50-51H,1,5,9-12,15-16,21-23,27-29H2,2-3H3,(H,47,53). The Morgan fingerprint density at radius 2 is 1.75 bits per heavy atom. The second kappa shape index (κ2) is 19.1. The molecule has 2 aliphatic carbocycles. The smallest absolute Gasteiger partial charge is 0.412 e. The van der Waals surface area contributed by atoms with Crippen molar-refractivity contribution in [1.29, 1.82) is 0 Å². The fourth-order valence-corrected chi connectivity index (χ4v) is 9.22. The highest BCUT2D eigenvalue weighted by atomic mass is 16.7. The maximum absolute atomic E-state index is 14.6. The number of hydrogen-bond acceptors (Lipinski definition) is 11. The van der Waals surface area contributed by atoms with Crippen LogP contribution in [0.2, 0.25) is 0 Å². The lowest BCUT2D eigenvalue weighted by Crippen LogP contribution is -2.69. The van der Waals surface area contributed by atoms with E-state index in [0.29, 0.717) is 60.3 Å². The topological polar surface area (TPSA) is 158 Å². The molecule has 1 saturated carbocycles. The molecule has 3 aromatic rings. The van der Waals surface area contributed by atoms with E-state index in [9.17, 15) is 19.8 Å². The Balaban J connectivity index is 1.35. The molecule has 0 bridgehead atoms. The third-order valence-electron chi connectivity index (χ3n) is 11.8. The minimum atomic E-state index is -1.43. The molecule has 13 heteroatoms. The van der Waals surface area contributed by atoms with Gasteiger partial charge in [-0.3, -0.25) is 4.79 Å². The SMILES string of the molecule is C=CCOC12Oc3ccc(OC(=O)NCc4ccccc4)cc3C3C(CCCCO)C(CCCCO)C=C(C(=NOCC)CC1N(C)C(=O)c1ccc4c(c1)OCO4)C32. The van der Waals surface area contributed by atoms with Crippen molar-refractivity contribution in [2.45, 2.75) is 76.2 Å². The van der Waals surface area contributed by atoms with Gasteiger partial charge in [-0.15, -0.1) is 6.58 Å². The predicted molar refractivity (Wildman–Crippen MR) is 221 cm³/mol. The Labute approximate surface area is 345 Å². The number of carbonyl (C=O) groups excluding carboxylic acids is 2. The Hall–Kier alpha value is -5.37. The number of allylic oxidation sites excluding steroid dienone is 1. The highest BCUT2D eigenvalue weighted by Gasteiger charge is 2.65. The van der Waals surface area contributed by atoms with E-state index in [2.05, 4.69) is 18.0 Å². The fraction of sp³-hybridized carbons (Fsp3) is 0.457. The Bertz CT molecular complexity index is 2020. The van der Waals surface area contributed by atoms with Crippen LogP contribution in [0.25, 0.3) is 0 Å². The van der Waals surface area contributed by atoms with Gasteiger partial charge in [0.15, 0.2) is 11.5 Å². The van der Waals surface area contributed by atoms with Gasteiger partial charge in [0.2, 0.25) is 12.6 Å². The number of nitrogens with zero attached hydrogens (tertiary/aromatic N) is 2. The number of nitrogens with one attached hydrogen (secondary N) is 1. The number of likely N-dealkylation sites (N-methyl/N-ethyl adjacent to an activating group) is 1. The molecule has 314 valence electrons. The van der Waals surface area contributed by atoms with Crippen molar-refractivity contribution >= 4 is 17.7 Å². The maximum atomic E-state index is 14.6. The van der Waals surface area contributed by atoms with Gasteiger partial charge in [-0.25, -0.2) is 4.79 Å². The molecule has 1 fully saturated rings. The number of carbonyl (C=O) groups is 2. The number of unbranched alkanes of at least 4 members (excludes halogenated alkanes) is 2. The van der Waals surface area contributed by atoms with Gasteiger partial charge in [0.05, 0.1) is 18.2 Å². The van der Waals surface area contributed by atoms with E-state index in [1.165, 1.54) is 0 Å². The molecule has 2 amide bonds. The van der Waals surface area contributed by atoms with Crippen molar-refractivity contribution in [3.8, 4) is 23.0 Å². The van der Waals surface area contributed by atoms with Crippen molar-refractivity contribution in [3.63, 3.8) is 0 Å². The number of ether oxygens (including phenoxy) is 5. The number of aliphatic hydroxyl groups excluding tert-OH is 2. The highest BCUT2D eigenvalue weighted by Crippen LogP contribution is 2.62. The van der Waals surface area contributed by atoms with Crippen LogP contribution in [0.4, 0.5) is 4.79 Å². The molecule has 3 aromatic carbocycles. The molecular formula is C46H55N3O10. The second-order valence-electron chi connectivity index (χ2n) is 15.4. The zero-order chi connectivity index (χ0) is 41.4. The van der Waals surface area contributed by atoms with Crippen LogP contribution in [0.15, 0.2) is 96.2 Å². The highest BCUT2D eigenvalue weighted by molar-refractivity contribution is 6.03. The molecule has 2 aliphatic heterocycles. The molecule has 7 rings (SSSR count). The second-order valence-corrected chi connectivity index (χ2v) is 15.4. The van der Waals surface area contributed by atoms with Gasteiger partial charge >= 0.3 is 6.09 Å². The summed E-state index contributed by atoms with van der Waals surface area (Å²) in [5.74, 6) is -0.452. The monoisotopic (exact) mass is 809 g/mol. The average Bonchev–Trinajstić information content (AvgIpc) is 3.74. The van der Waals surface area contributed by atoms with Crippen molar-refractivity contribution in [3.05, 3.63) is 108 Å². The molecular weight excluding hydrogens is 755 g/mol. The lowest BCUT2D eigenvalue weighted by Gasteiger charge is -2.59. The number of benzene rings is 3. The fourth-order valence-electron chi connectivity index (χ4n) is 9.22. The summed E-state index contributed by atoms with van der Waals surface area (Å²) in [6.45, 7) is 6.88. The van der Waals surface area contributed by atoms with Crippen LogP contribution in [0.1, 0.15) is 79.3 Å². The molecule has 13 nitrogen and oxygen atoms in total. The Morgan fingerprint density at radius 3 is 2.51 bits per heavy atom. The first-order valence-corrected chi connectivity index (χ1v) is 20.7. The Morgan fingerprint density at radius 1 is 0.983 bits per heavy atom. The van der Waals surface area contributed by atoms with E-state index < -0.39 is 23.8 Å². The molecule has 0 radical (unpaired) electrons. The largest absolute Gasteiger partial charge is 0.459 e. The van der Waals surface area contributed by atoms with Gasteiger partial charge in [0.25, 0.3) is 5.91 Å². The summed E-state index contributed by atoms with van der Waals surface area (Å²) >= 11 is 0. The molecule has 3 N–H and O–H groups in total. The van der Waals surface area contributed by atoms with Crippen LogP contribution in [-0.4, -0.2) is 84.9 Å². The number of fused-ring (bicyclic) bond motifs is 3. The van der Waals surface area contributed by atoms with Crippen LogP contribution in [0, 0.1) is 17.8 Å². The third kappa shape index (κ3) is 8.83. The predicted octanol–water partition coefficient (Wildman–Crippen LogP) is 7.13. The van der Waals surface area contributed by atoms with Crippen LogP contribution >= 0.6 is 0 Å². The molecule has 59 heavy (non-hydrogen) atoms. The summed E-state index contributed by atoms with van der Waals surface area (Å²) in [4.78, 5) is 35.2. The average molecular weight is 810 g/mol. The van der Waals surface area contributed by atoms with Gasteiger partial charge in [-0.2, -0.15) is 0 Å². The maximum Gasteiger partial charge on any atom is 0.412 e. The van der Waals surface area contributed by atoms with Gasteiger partial charge in [-0.05, 0) is 92.0 Å². The van der Waals surface area contributed by atoms with E-state index in [0.717, 1.165) is 42.4 Å². The van der Waals surface area contributed by atoms with Crippen molar-refractivity contribution < 1.29 is 48.3 Å². The van der Waals surface area contributed by atoms with Crippen LogP contribution < -0.4 is 24.3 Å². The lowest BCUT2D eigenvalue weighted by atomic mass is 9.55. The minimum absolute atomic E-state index is 0.00691. The number of rotatable bonds is 18. The van der Waals surface area contributed by atoms with E-state index >= 15 is 0 Å². The van der Waals surface area contributed by atoms with Crippen molar-refractivity contribution in [2.75, 3.05) is 40.3 Å². The first-order valence-electron chi connectivity index (χ1n) is 20.7. The van der Waals surface area contributed by atoms with Crippen molar-refractivity contribution in [2.24, 2.45) is 22.9 Å². The first kappa shape index (κ1) is 41.8. The number of hydrogen-bond donors (Lipinski definition) is 3. The molecule has 0 aromatic heterocycles. The van der Waals surface area contributed by atoms with Gasteiger partial charge in [0.1, 0.15) is 24.1 Å².